The van der Waals surface area contributed by atoms with Gasteiger partial charge in [-0.2, -0.15) is 11.3 Å². The summed E-state index contributed by atoms with van der Waals surface area (Å²) in [4.78, 5) is 4.41. The van der Waals surface area contributed by atoms with Gasteiger partial charge in [0.25, 0.3) is 0 Å². The third-order valence-corrected chi connectivity index (χ3v) is 4.10. The van der Waals surface area contributed by atoms with Crippen LogP contribution in [0.2, 0.25) is 0 Å². The van der Waals surface area contributed by atoms with Crippen molar-refractivity contribution in [2.75, 3.05) is 0 Å². The molecule has 78 valence electrons. The van der Waals surface area contributed by atoms with E-state index in [2.05, 4.69) is 27.1 Å². The number of aromatic nitrogens is 1. The van der Waals surface area contributed by atoms with Crippen molar-refractivity contribution in [2.45, 2.75) is 24.9 Å². The zero-order chi connectivity index (χ0) is 10.1. The molecule has 0 aliphatic heterocycles. The van der Waals surface area contributed by atoms with Gasteiger partial charge in [0.2, 0.25) is 0 Å². The van der Waals surface area contributed by atoms with Crippen LogP contribution in [-0.2, 0) is 0 Å². The van der Waals surface area contributed by atoms with Crippen molar-refractivity contribution in [1.82, 2.24) is 10.3 Å². The van der Waals surface area contributed by atoms with Gasteiger partial charge in [0, 0.05) is 17.6 Å². The molecule has 4 heteroatoms. The van der Waals surface area contributed by atoms with Crippen LogP contribution in [0.25, 0.3) is 0 Å². The molecule has 1 fully saturated rings. The number of thiazole rings is 1. The molecule has 1 unspecified atom stereocenters. The molecule has 1 saturated carbocycles. The number of hydrogen-bond acceptors (Lipinski definition) is 4. The Hall–Kier alpha value is -0.710. The van der Waals surface area contributed by atoms with E-state index >= 15 is 0 Å². The van der Waals surface area contributed by atoms with E-state index in [1.165, 1.54) is 23.4 Å². The highest BCUT2D eigenvalue weighted by Crippen LogP contribution is 2.30. The second kappa shape index (κ2) is 4.04. The minimum absolute atomic E-state index is 0.309. The number of nitrogens with one attached hydrogen (secondary N) is 1. The van der Waals surface area contributed by atoms with Crippen LogP contribution in [0.5, 0.6) is 0 Å². The molecule has 0 spiro atoms. The second-order valence-corrected chi connectivity index (χ2v) is 5.51. The lowest BCUT2D eigenvalue weighted by Crippen LogP contribution is -2.23. The third kappa shape index (κ3) is 2.12. The van der Waals surface area contributed by atoms with Crippen LogP contribution in [-0.4, -0.2) is 11.0 Å². The van der Waals surface area contributed by atoms with E-state index in [1.807, 2.05) is 11.6 Å². The Morgan fingerprint density at radius 3 is 2.93 bits per heavy atom. The fraction of sp³-hybridized carbons (Fsp3) is 0.364. The van der Waals surface area contributed by atoms with Gasteiger partial charge in [0.05, 0.1) is 6.04 Å². The molecule has 0 saturated heterocycles. The van der Waals surface area contributed by atoms with E-state index < -0.39 is 0 Å². The smallest absolute Gasteiger partial charge is 0.114 e. The van der Waals surface area contributed by atoms with Gasteiger partial charge in [-0.3, -0.25) is 0 Å². The zero-order valence-electron chi connectivity index (χ0n) is 8.22. The van der Waals surface area contributed by atoms with Crippen LogP contribution in [0.3, 0.4) is 0 Å². The predicted molar refractivity (Wildman–Crippen MR) is 64.4 cm³/mol. The molecule has 1 aliphatic carbocycles. The molecular formula is C11H12N2S2. The first-order valence-electron chi connectivity index (χ1n) is 5.11. The molecular weight excluding hydrogens is 224 g/mol. The van der Waals surface area contributed by atoms with Crippen molar-refractivity contribution >= 4 is 22.7 Å². The number of thiophene rings is 1. The summed E-state index contributed by atoms with van der Waals surface area (Å²) in [6, 6.07) is 3.20. The molecule has 2 nitrogen and oxygen atoms in total. The minimum Gasteiger partial charge on any atom is -0.301 e. The van der Waals surface area contributed by atoms with Gasteiger partial charge in [-0.05, 0) is 35.2 Å². The van der Waals surface area contributed by atoms with Gasteiger partial charge in [0.15, 0.2) is 0 Å². The Morgan fingerprint density at radius 1 is 1.40 bits per heavy atom. The van der Waals surface area contributed by atoms with Gasteiger partial charge in [-0.1, -0.05) is 0 Å². The SMILES string of the molecule is c1csc(C(NC2CC2)c2ccsc2)n1. The Bertz CT molecular complexity index is 369. The molecule has 0 aromatic carbocycles. The van der Waals surface area contributed by atoms with Crippen molar-refractivity contribution in [3.05, 3.63) is 39.0 Å². The van der Waals surface area contributed by atoms with Crippen LogP contribution in [0.1, 0.15) is 29.5 Å². The quantitative estimate of drug-likeness (QED) is 0.882. The van der Waals surface area contributed by atoms with Crippen molar-refractivity contribution in [2.24, 2.45) is 0 Å². The monoisotopic (exact) mass is 236 g/mol. The maximum absolute atomic E-state index is 4.41. The first-order valence-corrected chi connectivity index (χ1v) is 6.93. The highest BCUT2D eigenvalue weighted by molar-refractivity contribution is 7.09. The van der Waals surface area contributed by atoms with Crippen molar-refractivity contribution < 1.29 is 0 Å². The average Bonchev–Trinajstić information content (AvgIpc) is 2.77. The predicted octanol–water partition coefficient (Wildman–Crippen LogP) is 3.05. The highest BCUT2D eigenvalue weighted by Gasteiger charge is 2.27. The normalized spacial score (nSPS) is 17.9. The van der Waals surface area contributed by atoms with Crippen LogP contribution >= 0.6 is 22.7 Å². The Morgan fingerprint density at radius 2 is 2.33 bits per heavy atom. The molecule has 0 radical (unpaired) electrons. The molecule has 15 heavy (non-hydrogen) atoms. The summed E-state index contributed by atoms with van der Waals surface area (Å²) in [5.74, 6) is 0. The second-order valence-electron chi connectivity index (χ2n) is 3.80. The lowest BCUT2D eigenvalue weighted by molar-refractivity contribution is 0.599. The van der Waals surface area contributed by atoms with Crippen LogP contribution in [0.15, 0.2) is 28.4 Å². The summed E-state index contributed by atoms with van der Waals surface area (Å²) < 4.78 is 0. The summed E-state index contributed by atoms with van der Waals surface area (Å²) in [7, 11) is 0. The van der Waals surface area contributed by atoms with E-state index in [1.54, 1.807) is 22.7 Å². The topological polar surface area (TPSA) is 24.9 Å². The summed E-state index contributed by atoms with van der Waals surface area (Å²) in [5, 5.41) is 11.2. The standard InChI is InChI=1S/C11H12N2S2/c1-2-9(1)13-10(8-3-5-14-7-8)11-12-4-6-15-11/h3-7,9-10,13H,1-2H2. The molecule has 1 N–H and O–H groups in total. The third-order valence-electron chi connectivity index (χ3n) is 2.55. The van der Waals surface area contributed by atoms with Crippen LogP contribution in [0.4, 0.5) is 0 Å². The number of hydrogen-bond donors (Lipinski definition) is 1. The number of rotatable bonds is 4. The molecule has 0 bridgehead atoms. The first kappa shape index (κ1) is 9.51. The zero-order valence-corrected chi connectivity index (χ0v) is 9.85. The Balaban J connectivity index is 1.87. The van der Waals surface area contributed by atoms with Crippen molar-refractivity contribution in [3.8, 4) is 0 Å². The fourth-order valence-electron chi connectivity index (χ4n) is 1.61. The summed E-state index contributed by atoms with van der Waals surface area (Å²) in [6.45, 7) is 0. The summed E-state index contributed by atoms with van der Waals surface area (Å²) in [6.07, 6.45) is 4.51. The van der Waals surface area contributed by atoms with E-state index in [9.17, 15) is 0 Å². The Kier molecular flexibility index (Phi) is 2.56. The van der Waals surface area contributed by atoms with Gasteiger partial charge >= 0.3 is 0 Å². The highest BCUT2D eigenvalue weighted by atomic mass is 32.1. The molecule has 2 aromatic rings. The molecule has 2 heterocycles. The van der Waals surface area contributed by atoms with E-state index in [-0.39, 0.29) is 0 Å². The van der Waals surface area contributed by atoms with E-state index in [4.69, 9.17) is 0 Å². The van der Waals surface area contributed by atoms with Gasteiger partial charge in [0.1, 0.15) is 5.01 Å². The maximum Gasteiger partial charge on any atom is 0.114 e. The lowest BCUT2D eigenvalue weighted by Gasteiger charge is -2.14. The molecule has 1 atom stereocenters. The molecule has 2 aromatic heterocycles. The van der Waals surface area contributed by atoms with E-state index in [0.717, 1.165) is 0 Å². The Labute approximate surface area is 97.0 Å². The largest absolute Gasteiger partial charge is 0.301 e. The lowest BCUT2D eigenvalue weighted by atomic mass is 10.1. The fourth-order valence-corrected chi connectivity index (χ4v) is 3.02. The van der Waals surface area contributed by atoms with Crippen LogP contribution < -0.4 is 5.32 Å². The molecule has 1 aliphatic rings. The molecule has 0 amide bonds. The van der Waals surface area contributed by atoms with Gasteiger partial charge in [-0.25, -0.2) is 4.98 Å². The van der Waals surface area contributed by atoms with Crippen molar-refractivity contribution in [1.29, 1.82) is 0 Å². The average molecular weight is 236 g/mol. The minimum atomic E-state index is 0.309. The summed E-state index contributed by atoms with van der Waals surface area (Å²) >= 11 is 3.48. The van der Waals surface area contributed by atoms with Crippen molar-refractivity contribution in [3.63, 3.8) is 0 Å². The van der Waals surface area contributed by atoms with Gasteiger partial charge in [-0.15, -0.1) is 11.3 Å². The molecule has 3 rings (SSSR count). The summed E-state index contributed by atoms with van der Waals surface area (Å²) in [5.41, 5.74) is 1.35. The number of nitrogens with zero attached hydrogens (tertiary/aromatic N) is 1. The van der Waals surface area contributed by atoms with Crippen LogP contribution in [0, 0.1) is 0 Å². The first-order chi connectivity index (χ1) is 7.43. The maximum atomic E-state index is 4.41. The van der Waals surface area contributed by atoms with E-state index in [0.29, 0.717) is 12.1 Å². The van der Waals surface area contributed by atoms with Gasteiger partial charge < -0.3 is 5.32 Å².